The van der Waals surface area contributed by atoms with Gasteiger partial charge in [-0.15, -0.1) is 4.57 Å². The molecule has 0 bridgehead atoms. The monoisotopic (exact) mass is 314 g/mol. The predicted molar refractivity (Wildman–Crippen MR) is 78.8 cm³/mol. The van der Waals surface area contributed by atoms with Crippen LogP contribution in [0.25, 0.3) is 0 Å². The summed E-state index contributed by atoms with van der Waals surface area (Å²) in [5.41, 5.74) is 1.27. The summed E-state index contributed by atoms with van der Waals surface area (Å²) < 4.78 is 7.70. The molecular formula is C16H16N3O4+. The van der Waals surface area contributed by atoms with E-state index in [0.717, 1.165) is 0 Å². The van der Waals surface area contributed by atoms with Crippen molar-refractivity contribution in [3.63, 3.8) is 0 Å². The van der Waals surface area contributed by atoms with E-state index in [0.29, 0.717) is 17.7 Å². The van der Waals surface area contributed by atoms with Gasteiger partial charge in [-0.25, -0.2) is 14.2 Å². The maximum Gasteiger partial charge on any atom is 0.414 e. The van der Waals surface area contributed by atoms with Gasteiger partial charge in [-0.2, -0.15) is 0 Å². The molecule has 118 valence electrons. The molecule has 1 amide bonds. The van der Waals surface area contributed by atoms with Crippen LogP contribution in [0.5, 0.6) is 0 Å². The Bertz CT molecular complexity index is 767. The van der Waals surface area contributed by atoms with Crippen LogP contribution in [0, 0.1) is 0 Å². The van der Waals surface area contributed by atoms with Crippen molar-refractivity contribution in [3.05, 3.63) is 54.1 Å². The molecule has 7 heteroatoms. The van der Waals surface area contributed by atoms with Crippen LogP contribution >= 0.6 is 0 Å². The Kier molecular flexibility index (Phi) is 3.92. The lowest BCUT2D eigenvalue weighted by Gasteiger charge is -2.17. The standard InChI is InChI=1S/C16H15N3O4/c1-23-15(21)13-7-12-8-18(10-19(12)16(22)17-13)9-14(20)11-5-3-2-4-6-11/h2-6,8,10,13H,7,9H2,1H3/p+1/t13-/m0/s1. The molecule has 0 saturated carbocycles. The maximum absolute atomic E-state index is 12.2. The van der Waals surface area contributed by atoms with Gasteiger partial charge in [-0.05, 0) is 0 Å². The van der Waals surface area contributed by atoms with E-state index in [4.69, 9.17) is 0 Å². The summed E-state index contributed by atoms with van der Waals surface area (Å²) >= 11 is 0. The van der Waals surface area contributed by atoms with E-state index in [1.54, 1.807) is 41.4 Å². The number of aromatic nitrogens is 2. The molecule has 1 atom stereocenters. The van der Waals surface area contributed by atoms with Crippen molar-refractivity contribution in [1.29, 1.82) is 0 Å². The van der Waals surface area contributed by atoms with Gasteiger partial charge in [0, 0.05) is 12.0 Å². The number of rotatable bonds is 4. The molecule has 7 nitrogen and oxygen atoms in total. The lowest BCUT2D eigenvalue weighted by molar-refractivity contribution is -0.682. The number of carbonyl (C=O) groups excluding carboxylic acids is 3. The third-order valence-corrected chi connectivity index (χ3v) is 3.73. The number of esters is 1. The average Bonchev–Trinajstić information content (AvgIpc) is 2.98. The fraction of sp³-hybridized carbons (Fsp3) is 0.250. The highest BCUT2D eigenvalue weighted by molar-refractivity contribution is 5.95. The zero-order chi connectivity index (χ0) is 16.4. The minimum Gasteiger partial charge on any atom is -0.467 e. The van der Waals surface area contributed by atoms with E-state index < -0.39 is 18.0 Å². The van der Waals surface area contributed by atoms with Crippen LogP contribution < -0.4 is 9.88 Å². The van der Waals surface area contributed by atoms with Gasteiger partial charge in [-0.1, -0.05) is 30.3 Å². The number of carbonyl (C=O) groups is 3. The van der Waals surface area contributed by atoms with Crippen LogP contribution in [0.1, 0.15) is 16.1 Å². The fourth-order valence-corrected chi connectivity index (χ4v) is 2.57. The summed E-state index contributed by atoms with van der Waals surface area (Å²) in [5, 5.41) is 2.57. The molecule has 2 aromatic rings. The van der Waals surface area contributed by atoms with Gasteiger partial charge in [0.25, 0.3) is 6.33 Å². The molecule has 0 unspecified atom stereocenters. The molecular weight excluding hydrogens is 298 g/mol. The first-order valence-electron chi connectivity index (χ1n) is 7.15. The van der Waals surface area contributed by atoms with Crippen LogP contribution in [0.15, 0.2) is 42.9 Å². The number of methoxy groups -OCH3 is 1. The van der Waals surface area contributed by atoms with Crippen LogP contribution in [0.4, 0.5) is 4.79 Å². The van der Waals surface area contributed by atoms with Gasteiger partial charge in [0.15, 0.2) is 12.2 Å². The Morgan fingerprint density at radius 3 is 2.78 bits per heavy atom. The maximum atomic E-state index is 12.2. The number of benzene rings is 1. The molecule has 1 N–H and O–H groups in total. The van der Waals surface area contributed by atoms with E-state index >= 15 is 0 Å². The number of nitrogens with zero attached hydrogens (tertiary/aromatic N) is 2. The minimum absolute atomic E-state index is 0.0523. The first kappa shape index (κ1) is 15.0. The van der Waals surface area contributed by atoms with E-state index in [1.807, 2.05) is 6.07 Å². The van der Waals surface area contributed by atoms with Crippen LogP contribution in [0.2, 0.25) is 0 Å². The average molecular weight is 314 g/mol. The number of hydrogen-bond donors (Lipinski definition) is 1. The highest BCUT2D eigenvalue weighted by Gasteiger charge is 2.35. The van der Waals surface area contributed by atoms with Crippen molar-refractivity contribution in [1.82, 2.24) is 9.88 Å². The Balaban J connectivity index is 1.79. The van der Waals surface area contributed by atoms with Gasteiger partial charge in [0.05, 0.1) is 7.11 Å². The molecule has 2 heterocycles. The van der Waals surface area contributed by atoms with E-state index in [-0.39, 0.29) is 12.3 Å². The summed E-state index contributed by atoms with van der Waals surface area (Å²) in [6.07, 6.45) is 3.58. The zero-order valence-corrected chi connectivity index (χ0v) is 12.6. The number of amides is 1. The van der Waals surface area contributed by atoms with Crippen molar-refractivity contribution in [2.75, 3.05) is 7.11 Å². The normalized spacial score (nSPS) is 16.4. The van der Waals surface area contributed by atoms with Crippen molar-refractivity contribution >= 4 is 17.8 Å². The molecule has 0 radical (unpaired) electrons. The lowest BCUT2D eigenvalue weighted by Crippen LogP contribution is -2.49. The molecule has 0 fully saturated rings. The Morgan fingerprint density at radius 2 is 2.09 bits per heavy atom. The highest BCUT2D eigenvalue weighted by atomic mass is 16.5. The number of ketones is 1. The number of nitrogens with one attached hydrogen (secondary N) is 1. The number of hydrogen-bond acceptors (Lipinski definition) is 4. The second kappa shape index (κ2) is 6.04. The summed E-state index contributed by atoms with van der Waals surface area (Å²) in [6.45, 7) is 0.125. The van der Waals surface area contributed by atoms with E-state index in [2.05, 4.69) is 10.1 Å². The summed E-state index contributed by atoms with van der Waals surface area (Å²) in [5.74, 6) is -0.541. The summed E-state index contributed by atoms with van der Waals surface area (Å²) in [6, 6.07) is 7.84. The summed E-state index contributed by atoms with van der Waals surface area (Å²) in [4.78, 5) is 35.8. The Labute approximate surface area is 132 Å². The molecule has 3 rings (SSSR count). The summed E-state index contributed by atoms with van der Waals surface area (Å²) in [7, 11) is 1.28. The Morgan fingerprint density at radius 1 is 1.35 bits per heavy atom. The second-order valence-electron chi connectivity index (χ2n) is 5.30. The molecule has 23 heavy (non-hydrogen) atoms. The lowest BCUT2D eigenvalue weighted by atomic mass is 10.1. The minimum atomic E-state index is -0.701. The van der Waals surface area contributed by atoms with Crippen molar-refractivity contribution in [2.24, 2.45) is 0 Å². The molecule has 1 aliphatic rings. The van der Waals surface area contributed by atoms with Gasteiger partial charge in [-0.3, -0.25) is 4.79 Å². The Hall–Kier alpha value is -2.96. The second-order valence-corrected chi connectivity index (χ2v) is 5.30. The molecule has 0 aliphatic carbocycles. The van der Waals surface area contributed by atoms with E-state index in [1.165, 1.54) is 11.7 Å². The van der Waals surface area contributed by atoms with Gasteiger partial charge in [0.1, 0.15) is 12.2 Å². The fourth-order valence-electron chi connectivity index (χ4n) is 2.57. The van der Waals surface area contributed by atoms with E-state index in [9.17, 15) is 14.4 Å². The van der Waals surface area contributed by atoms with Crippen molar-refractivity contribution in [3.8, 4) is 0 Å². The molecule has 0 saturated heterocycles. The van der Waals surface area contributed by atoms with Crippen molar-refractivity contribution < 1.29 is 23.7 Å². The number of Topliss-reactive ketones (excluding diaryl/α,β-unsaturated/α-hetero) is 1. The van der Waals surface area contributed by atoms with Gasteiger partial charge < -0.3 is 10.1 Å². The van der Waals surface area contributed by atoms with Crippen LogP contribution in [-0.2, 0) is 22.5 Å². The number of fused-ring (bicyclic) bond motifs is 1. The van der Waals surface area contributed by atoms with Gasteiger partial charge >= 0.3 is 12.0 Å². The molecule has 0 spiro atoms. The van der Waals surface area contributed by atoms with Crippen molar-refractivity contribution in [2.45, 2.75) is 19.0 Å². The zero-order valence-electron chi connectivity index (χ0n) is 12.6. The number of imidazole rings is 1. The third-order valence-electron chi connectivity index (χ3n) is 3.73. The molecule has 1 aromatic carbocycles. The highest BCUT2D eigenvalue weighted by Crippen LogP contribution is 2.10. The predicted octanol–water partition coefficient (Wildman–Crippen LogP) is 0.314. The topological polar surface area (TPSA) is 81.3 Å². The molecule has 1 aliphatic heterocycles. The first-order chi connectivity index (χ1) is 11.1. The first-order valence-corrected chi connectivity index (χ1v) is 7.15. The van der Waals surface area contributed by atoms with Crippen LogP contribution in [0.3, 0.4) is 0 Å². The smallest absolute Gasteiger partial charge is 0.414 e. The quantitative estimate of drug-likeness (QED) is 0.500. The SMILES string of the molecule is COC(=O)[C@@H]1Cc2c[n+](CC(=O)c3ccccc3)cn2C(=O)N1. The van der Waals surface area contributed by atoms with Gasteiger partial charge in [0.2, 0.25) is 5.78 Å². The van der Waals surface area contributed by atoms with Crippen LogP contribution in [-0.4, -0.2) is 35.5 Å². The molecule has 1 aromatic heterocycles. The number of ether oxygens (including phenoxy) is 1. The third kappa shape index (κ3) is 2.98. The largest absolute Gasteiger partial charge is 0.467 e.